The normalized spacial score (nSPS) is 14.0. The second-order valence-corrected chi connectivity index (χ2v) is 8.19. The van der Waals surface area contributed by atoms with E-state index in [1.54, 1.807) is 17.6 Å². The van der Waals surface area contributed by atoms with E-state index in [9.17, 15) is 9.59 Å². The lowest BCUT2D eigenvalue weighted by Crippen LogP contribution is -2.42. The molecule has 27 heavy (non-hydrogen) atoms. The molecule has 136 valence electrons. The number of halogens is 1. The van der Waals surface area contributed by atoms with Crippen LogP contribution in [0.25, 0.3) is 6.08 Å². The third-order valence-corrected chi connectivity index (χ3v) is 5.88. The molecule has 3 aromatic rings. The molecule has 0 fully saturated rings. The van der Waals surface area contributed by atoms with Gasteiger partial charge in [-0.1, -0.05) is 51.5 Å². The van der Waals surface area contributed by atoms with Crippen molar-refractivity contribution >= 4 is 44.8 Å². The number of fused-ring (bicyclic) bond motifs is 1. The fourth-order valence-electron chi connectivity index (χ4n) is 2.94. The van der Waals surface area contributed by atoms with Crippen LogP contribution in [0.1, 0.15) is 22.8 Å². The van der Waals surface area contributed by atoms with Crippen LogP contribution in [-0.2, 0) is 6.67 Å². The fraction of sp³-hybridized carbons (Fsp3) is 0.150. The van der Waals surface area contributed by atoms with Gasteiger partial charge in [0, 0.05) is 15.7 Å². The molecule has 0 saturated carbocycles. The predicted molar refractivity (Wildman–Crippen MR) is 111 cm³/mol. The van der Waals surface area contributed by atoms with Crippen molar-refractivity contribution in [3.05, 3.63) is 83.8 Å². The van der Waals surface area contributed by atoms with Gasteiger partial charge in [0.15, 0.2) is 10.6 Å². The molecule has 0 bridgehead atoms. The van der Waals surface area contributed by atoms with Crippen LogP contribution in [0.4, 0.5) is 5.69 Å². The maximum absolute atomic E-state index is 12.8. The SMILES string of the molecule is CC(=O)c1cccc(N2CN=c3s/c(=C\c4cccc(Br)c4)c(=O)n3C2)c1. The van der Waals surface area contributed by atoms with Crippen molar-refractivity contribution in [1.82, 2.24) is 4.57 Å². The zero-order chi connectivity index (χ0) is 19.0. The summed E-state index contributed by atoms with van der Waals surface area (Å²) in [7, 11) is 0. The molecule has 1 aromatic heterocycles. The smallest absolute Gasteiger partial charge is 0.271 e. The lowest BCUT2D eigenvalue weighted by Gasteiger charge is -2.25. The van der Waals surface area contributed by atoms with Gasteiger partial charge in [-0.25, -0.2) is 4.99 Å². The second kappa shape index (κ2) is 7.25. The second-order valence-electron chi connectivity index (χ2n) is 6.27. The molecule has 0 unspecified atom stereocenters. The molecule has 0 spiro atoms. The Morgan fingerprint density at radius 3 is 2.81 bits per heavy atom. The number of carbonyl (C=O) groups is 1. The van der Waals surface area contributed by atoms with Crippen molar-refractivity contribution in [2.45, 2.75) is 13.6 Å². The Morgan fingerprint density at radius 2 is 2.04 bits per heavy atom. The molecule has 4 rings (SSSR count). The maximum Gasteiger partial charge on any atom is 0.271 e. The van der Waals surface area contributed by atoms with Gasteiger partial charge in [0.05, 0.1) is 4.53 Å². The van der Waals surface area contributed by atoms with Gasteiger partial charge in [0.1, 0.15) is 13.3 Å². The molecular formula is C20H16BrN3O2S. The molecule has 1 aliphatic heterocycles. The first-order valence-electron chi connectivity index (χ1n) is 8.38. The first-order valence-corrected chi connectivity index (χ1v) is 9.99. The van der Waals surface area contributed by atoms with E-state index in [1.165, 1.54) is 11.3 Å². The number of benzene rings is 2. The Morgan fingerprint density at radius 1 is 1.22 bits per heavy atom. The quantitative estimate of drug-likeness (QED) is 0.587. The molecule has 0 saturated heterocycles. The Kier molecular flexibility index (Phi) is 4.80. The molecule has 2 heterocycles. The van der Waals surface area contributed by atoms with Gasteiger partial charge in [-0.05, 0) is 42.8 Å². The third-order valence-electron chi connectivity index (χ3n) is 4.34. The van der Waals surface area contributed by atoms with Crippen LogP contribution in [0.15, 0.2) is 62.8 Å². The van der Waals surface area contributed by atoms with Crippen molar-refractivity contribution in [3.8, 4) is 0 Å². The van der Waals surface area contributed by atoms with E-state index in [0.717, 1.165) is 20.5 Å². The number of nitrogens with zero attached hydrogens (tertiary/aromatic N) is 3. The molecule has 0 radical (unpaired) electrons. The molecule has 0 amide bonds. The highest BCUT2D eigenvalue weighted by Gasteiger charge is 2.16. The zero-order valence-electron chi connectivity index (χ0n) is 14.6. The van der Waals surface area contributed by atoms with Gasteiger partial charge in [-0.3, -0.25) is 14.2 Å². The number of thiazole rings is 1. The van der Waals surface area contributed by atoms with Crippen molar-refractivity contribution in [1.29, 1.82) is 0 Å². The monoisotopic (exact) mass is 441 g/mol. The third kappa shape index (κ3) is 3.65. The Labute approximate surface area is 168 Å². The van der Waals surface area contributed by atoms with Gasteiger partial charge in [0.25, 0.3) is 5.56 Å². The molecule has 2 aromatic carbocycles. The number of ketones is 1. The highest BCUT2D eigenvalue weighted by Crippen LogP contribution is 2.18. The van der Waals surface area contributed by atoms with Gasteiger partial charge in [0.2, 0.25) is 0 Å². The largest absolute Gasteiger partial charge is 0.334 e. The number of aromatic nitrogens is 1. The number of anilines is 1. The van der Waals surface area contributed by atoms with E-state index in [2.05, 4.69) is 20.9 Å². The summed E-state index contributed by atoms with van der Waals surface area (Å²) in [6, 6.07) is 15.2. The van der Waals surface area contributed by atoms with Crippen molar-refractivity contribution in [2.24, 2.45) is 4.99 Å². The highest BCUT2D eigenvalue weighted by molar-refractivity contribution is 9.10. The predicted octanol–water partition coefficient (Wildman–Crippen LogP) is 2.76. The van der Waals surface area contributed by atoms with E-state index >= 15 is 0 Å². The van der Waals surface area contributed by atoms with Crippen LogP contribution < -0.4 is 19.8 Å². The molecule has 7 heteroatoms. The molecule has 0 N–H and O–H groups in total. The zero-order valence-corrected chi connectivity index (χ0v) is 17.0. The standard InChI is InChI=1S/C20H16BrN3O2S/c1-13(25)15-5-3-7-17(10-15)23-11-22-20-24(12-23)19(26)18(27-20)9-14-4-2-6-16(21)8-14/h2-10H,11-12H2,1H3/b18-9-. The Balaban J connectivity index is 1.70. The average molecular weight is 442 g/mol. The van der Waals surface area contributed by atoms with E-state index in [0.29, 0.717) is 23.4 Å². The van der Waals surface area contributed by atoms with Crippen LogP contribution in [0.3, 0.4) is 0 Å². The number of Topliss-reactive ketones (excluding diaryl/α,β-unsaturated/α-hetero) is 1. The molecular weight excluding hydrogens is 426 g/mol. The van der Waals surface area contributed by atoms with E-state index < -0.39 is 0 Å². The summed E-state index contributed by atoms with van der Waals surface area (Å²) < 4.78 is 3.31. The van der Waals surface area contributed by atoms with Crippen LogP contribution in [0.2, 0.25) is 0 Å². The summed E-state index contributed by atoms with van der Waals surface area (Å²) in [5, 5.41) is 0. The summed E-state index contributed by atoms with van der Waals surface area (Å²) >= 11 is 4.85. The lowest BCUT2D eigenvalue weighted by atomic mass is 10.1. The minimum atomic E-state index is -0.0499. The number of carbonyl (C=O) groups excluding carboxylic acids is 1. The summed E-state index contributed by atoms with van der Waals surface area (Å²) in [4.78, 5) is 31.7. The maximum atomic E-state index is 12.8. The van der Waals surface area contributed by atoms with Gasteiger partial charge < -0.3 is 4.90 Å². The molecule has 0 atom stereocenters. The summed E-state index contributed by atoms with van der Waals surface area (Å²) in [6.45, 7) is 2.42. The lowest BCUT2D eigenvalue weighted by molar-refractivity contribution is 0.101. The fourth-order valence-corrected chi connectivity index (χ4v) is 4.32. The summed E-state index contributed by atoms with van der Waals surface area (Å²) in [5.41, 5.74) is 2.45. The van der Waals surface area contributed by atoms with Crippen LogP contribution in [0, 0.1) is 0 Å². The van der Waals surface area contributed by atoms with Gasteiger partial charge in [-0.15, -0.1) is 0 Å². The minimum absolute atomic E-state index is 0.0186. The number of rotatable bonds is 3. The molecule has 0 aliphatic carbocycles. The summed E-state index contributed by atoms with van der Waals surface area (Å²) in [6.07, 6.45) is 1.89. The number of hydrogen-bond acceptors (Lipinski definition) is 5. The summed E-state index contributed by atoms with van der Waals surface area (Å²) in [5.74, 6) is 0.0186. The highest BCUT2D eigenvalue weighted by atomic mass is 79.9. The first-order chi connectivity index (χ1) is 13.0. The molecule has 5 nitrogen and oxygen atoms in total. The average Bonchev–Trinajstić information content (AvgIpc) is 2.97. The van der Waals surface area contributed by atoms with Gasteiger partial charge in [-0.2, -0.15) is 0 Å². The first kappa shape index (κ1) is 17.9. The minimum Gasteiger partial charge on any atom is -0.334 e. The topological polar surface area (TPSA) is 54.7 Å². The van der Waals surface area contributed by atoms with Crippen molar-refractivity contribution < 1.29 is 4.79 Å². The van der Waals surface area contributed by atoms with E-state index in [4.69, 9.17) is 0 Å². The van der Waals surface area contributed by atoms with Crippen LogP contribution in [0.5, 0.6) is 0 Å². The molecule has 1 aliphatic rings. The van der Waals surface area contributed by atoms with Gasteiger partial charge >= 0.3 is 0 Å². The number of hydrogen-bond donors (Lipinski definition) is 0. The van der Waals surface area contributed by atoms with Crippen molar-refractivity contribution in [3.63, 3.8) is 0 Å². The van der Waals surface area contributed by atoms with Crippen LogP contribution in [-0.4, -0.2) is 17.0 Å². The van der Waals surface area contributed by atoms with Crippen molar-refractivity contribution in [2.75, 3.05) is 11.6 Å². The van der Waals surface area contributed by atoms with E-state index in [1.807, 2.05) is 53.4 Å². The van der Waals surface area contributed by atoms with Crippen LogP contribution >= 0.6 is 27.3 Å². The Bertz CT molecular complexity index is 1210. The Hall–Kier alpha value is -2.51. The van der Waals surface area contributed by atoms with E-state index in [-0.39, 0.29) is 11.3 Å².